The number of benzene rings is 3. The maximum atomic E-state index is 6.09. The van der Waals surface area contributed by atoms with Gasteiger partial charge in [0.05, 0.1) is 23.8 Å². The van der Waals surface area contributed by atoms with Crippen molar-refractivity contribution < 1.29 is 14.2 Å². The number of nitrogens with one attached hydrogen (secondary N) is 1. The van der Waals surface area contributed by atoms with Crippen molar-refractivity contribution in [3.05, 3.63) is 87.4 Å². The summed E-state index contributed by atoms with van der Waals surface area (Å²) in [6, 6.07) is 19.6. The van der Waals surface area contributed by atoms with Crippen molar-refractivity contribution >= 4 is 23.2 Å². The molecule has 1 N–H and O–H groups in total. The van der Waals surface area contributed by atoms with E-state index in [-0.39, 0.29) is 0 Å². The van der Waals surface area contributed by atoms with Gasteiger partial charge in [0.2, 0.25) is 0 Å². The van der Waals surface area contributed by atoms with Gasteiger partial charge in [-0.25, -0.2) is 0 Å². The Morgan fingerprint density at radius 2 is 1.61 bits per heavy atom. The van der Waals surface area contributed by atoms with Crippen LogP contribution in [0.1, 0.15) is 23.6 Å². The highest BCUT2D eigenvalue weighted by atomic mass is 35.5. The molecule has 0 aliphatic carbocycles. The number of para-hydroxylation sites is 1. The molecule has 31 heavy (non-hydrogen) atoms. The van der Waals surface area contributed by atoms with Crippen LogP contribution in [0.5, 0.6) is 17.2 Å². The molecule has 6 heteroatoms. The molecule has 164 valence electrons. The SMILES string of the molecule is CCOc1cc(CNCCc2ccccc2OC)ccc1OCc1ccc(Cl)c(Cl)c1. The minimum Gasteiger partial charge on any atom is -0.496 e. The van der Waals surface area contributed by atoms with Crippen LogP contribution in [0.4, 0.5) is 0 Å². The molecule has 0 amide bonds. The van der Waals surface area contributed by atoms with Crippen molar-refractivity contribution in [2.24, 2.45) is 0 Å². The molecule has 0 spiro atoms. The van der Waals surface area contributed by atoms with Gasteiger partial charge >= 0.3 is 0 Å². The fourth-order valence-corrected chi connectivity index (χ4v) is 3.53. The van der Waals surface area contributed by atoms with Crippen molar-refractivity contribution in [1.29, 1.82) is 0 Å². The van der Waals surface area contributed by atoms with Gasteiger partial charge in [-0.3, -0.25) is 0 Å². The van der Waals surface area contributed by atoms with Gasteiger partial charge in [-0.1, -0.05) is 53.5 Å². The van der Waals surface area contributed by atoms with E-state index in [9.17, 15) is 0 Å². The first-order valence-electron chi connectivity index (χ1n) is 10.3. The number of methoxy groups -OCH3 is 1. The molecule has 3 aromatic carbocycles. The van der Waals surface area contributed by atoms with Crippen molar-refractivity contribution in [2.45, 2.75) is 26.5 Å². The lowest BCUT2D eigenvalue weighted by Crippen LogP contribution is -2.17. The van der Waals surface area contributed by atoms with Crippen molar-refractivity contribution in [3.8, 4) is 17.2 Å². The van der Waals surface area contributed by atoms with Gasteiger partial charge in [-0.05, 0) is 66.9 Å². The molecular weight excluding hydrogens is 433 g/mol. The number of ether oxygens (including phenoxy) is 3. The van der Waals surface area contributed by atoms with Crippen LogP contribution < -0.4 is 19.5 Å². The molecular formula is C25H27Cl2NO3. The van der Waals surface area contributed by atoms with E-state index in [2.05, 4.69) is 11.4 Å². The molecule has 0 aliphatic rings. The minimum absolute atomic E-state index is 0.382. The number of rotatable bonds is 11. The van der Waals surface area contributed by atoms with Crippen LogP contribution in [0.2, 0.25) is 10.0 Å². The Balaban J connectivity index is 1.57. The number of hydrogen-bond donors (Lipinski definition) is 1. The summed E-state index contributed by atoms with van der Waals surface area (Å²) in [4.78, 5) is 0. The standard InChI is InChI=1S/C25H27Cl2NO3/c1-3-30-25-15-18(16-28-13-12-20-6-4-5-7-23(20)29-2)9-11-24(25)31-17-19-8-10-21(26)22(27)14-19/h4-11,14-15,28H,3,12-13,16-17H2,1-2H3. The Hall–Kier alpha value is -2.40. The Labute approximate surface area is 194 Å². The first-order chi connectivity index (χ1) is 15.1. The van der Waals surface area contributed by atoms with E-state index in [1.165, 1.54) is 5.56 Å². The van der Waals surface area contributed by atoms with Gasteiger partial charge < -0.3 is 19.5 Å². The molecule has 0 atom stereocenters. The molecule has 0 unspecified atom stereocenters. The quantitative estimate of drug-likeness (QED) is 0.341. The van der Waals surface area contributed by atoms with E-state index in [1.807, 2.05) is 55.5 Å². The van der Waals surface area contributed by atoms with Crippen LogP contribution in [0.3, 0.4) is 0 Å². The zero-order valence-corrected chi connectivity index (χ0v) is 19.3. The van der Waals surface area contributed by atoms with E-state index in [4.69, 9.17) is 37.4 Å². The predicted molar refractivity (Wildman–Crippen MR) is 127 cm³/mol. The minimum atomic E-state index is 0.382. The molecule has 3 rings (SSSR count). The van der Waals surface area contributed by atoms with E-state index in [0.717, 1.165) is 42.1 Å². The van der Waals surface area contributed by atoms with Gasteiger partial charge in [0.1, 0.15) is 12.4 Å². The topological polar surface area (TPSA) is 39.7 Å². The molecule has 0 bridgehead atoms. The van der Waals surface area contributed by atoms with Gasteiger partial charge in [-0.15, -0.1) is 0 Å². The van der Waals surface area contributed by atoms with Crippen LogP contribution in [-0.2, 0) is 19.6 Å². The fraction of sp³-hybridized carbons (Fsp3) is 0.280. The zero-order valence-electron chi connectivity index (χ0n) is 17.8. The smallest absolute Gasteiger partial charge is 0.161 e. The van der Waals surface area contributed by atoms with Gasteiger partial charge in [0, 0.05) is 6.54 Å². The summed E-state index contributed by atoms with van der Waals surface area (Å²) < 4.78 is 17.2. The predicted octanol–water partition coefficient (Wildman–Crippen LogP) is 6.31. The first-order valence-corrected chi connectivity index (χ1v) is 11.0. The van der Waals surface area contributed by atoms with Crippen LogP contribution in [0.25, 0.3) is 0 Å². The summed E-state index contributed by atoms with van der Waals surface area (Å²) in [5.41, 5.74) is 3.27. The van der Waals surface area contributed by atoms with E-state index in [0.29, 0.717) is 29.0 Å². The normalized spacial score (nSPS) is 10.7. The third kappa shape index (κ3) is 6.79. The second-order valence-electron chi connectivity index (χ2n) is 6.99. The first kappa shape index (κ1) is 23.3. The third-order valence-electron chi connectivity index (χ3n) is 4.78. The molecule has 0 aliphatic heterocycles. The lowest BCUT2D eigenvalue weighted by molar-refractivity contribution is 0.269. The Kier molecular flexibility index (Phi) is 8.89. The summed E-state index contributed by atoms with van der Waals surface area (Å²) in [7, 11) is 1.70. The van der Waals surface area contributed by atoms with Crippen LogP contribution in [0, 0.1) is 0 Å². The van der Waals surface area contributed by atoms with E-state index >= 15 is 0 Å². The molecule has 3 aromatic rings. The average Bonchev–Trinajstić information content (AvgIpc) is 2.79. The van der Waals surface area contributed by atoms with Crippen LogP contribution >= 0.6 is 23.2 Å². The molecule has 4 nitrogen and oxygen atoms in total. The van der Waals surface area contributed by atoms with Crippen molar-refractivity contribution in [2.75, 3.05) is 20.3 Å². The highest BCUT2D eigenvalue weighted by Crippen LogP contribution is 2.30. The second kappa shape index (κ2) is 11.8. The third-order valence-corrected chi connectivity index (χ3v) is 5.52. The van der Waals surface area contributed by atoms with Crippen molar-refractivity contribution in [1.82, 2.24) is 5.32 Å². The number of halogens is 2. The average molecular weight is 460 g/mol. The Morgan fingerprint density at radius 3 is 2.39 bits per heavy atom. The lowest BCUT2D eigenvalue weighted by Gasteiger charge is -2.14. The monoisotopic (exact) mass is 459 g/mol. The van der Waals surface area contributed by atoms with Gasteiger partial charge in [0.25, 0.3) is 0 Å². The molecule has 0 aromatic heterocycles. The molecule has 0 saturated carbocycles. The molecule has 0 saturated heterocycles. The largest absolute Gasteiger partial charge is 0.496 e. The maximum Gasteiger partial charge on any atom is 0.161 e. The summed E-state index contributed by atoms with van der Waals surface area (Å²) >= 11 is 12.1. The van der Waals surface area contributed by atoms with Gasteiger partial charge in [0.15, 0.2) is 11.5 Å². The Morgan fingerprint density at radius 1 is 0.806 bits per heavy atom. The van der Waals surface area contributed by atoms with Gasteiger partial charge in [-0.2, -0.15) is 0 Å². The second-order valence-corrected chi connectivity index (χ2v) is 7.80. The summed E-state index contributed by atoms with van der Waals surface area (Å²) in [6.07, 6.45) is 0.896. The highest BCUT2D eigenvalue weighted by Gasteiger charge is 2.08. The summed E-state index contributed by atoms with van der Waals surface area (Å²) in [5, 5.41) is 4.53. The molecule has 0 heterocycles. The Bertz CT molecular complexity index is 994. The van der Waals surface area contributed by atoms with Crippen LogP contribution in [-0.4, -0.2) is 20.3 Å². The summed E-state index contributed by atoms with van der Waals surface area (Å²) in [5.74, 6) is 2.35. The fourth-order valence-electron chi connectivity index (χ4n) is 3.21. The summed E-state index contributed by atoms with van der Waals surface area (Å²) in [6.45, 7) is 4.49. The zero-order chi connectivity index (χ0) is 22.1. The molecule has 0 fully saturated rings. The van der Waals surface area contributed by atoms with E-state index < -0.39 is 0 Å². The lowest BCUT2D eigenvalue weighted by atomic mass is 10.1. The van der Waals surface area contributed by atoms with Crippen molar-refractivity contribution in [3.63, 3.8) is 0 Å². The van der Waals surface area contributed by atoms with E-state index in [1.54, 1.807) is 13.2 Å². The number of hydrogen-bond acceptors (Lipinski definition) is 4. The highest BCUT2D eigenvalue weighted by molar-refractivity contribution is 6.42. The van der Waals surface area contributed by atoms with Crippen LogP contribution in [0.15, 0.2) is 60.7 Å². The maximum absolute atomic E-state index is 6.09. The molecule has 0 radical (unpaired) electrons.